The van der Waals surface area contributed by atoms with Crippen molar-refractivity contribution in [1.29, 1.82) is 0 Å². The first-order chi connectivity index (χ1) is 8.70. The lowest BCUT2D eigenvalue weighted by molar-refractivity contribution is 0.369. The molecule has 0 saturated carbocycles. The smallest absolute Gasteiger partial charge is 0.176 e. The standard InChI is InChI=1S/C13H14FNO2S/c1-17-11-4-2-3-9(13(11)16)7-15-8-10-5-6-12(14)18-10/h2-6,15-16H,7-8H2,1H3. The predicted octanol–water partition coefficient (Wildman–Crippen LogP) is 2.89. The molecular weight excluding hydrogens is 253 g/mol. The molecule has 0 aliphatic rings. The van der Waals surface area contributed by atoms with E-state index in [9.17, 15) is 9.50 Å². The minimum Gasteiger partial charge on any atom is -0.504 e. The van der Waals surface area contributed by atoms with Crippen molar-refractivity contribution in [2.45, 2.75) is 13.1 Å². The molecule has 1 aromatic heterocycles. The highest BCUT2D eigenvalue weighted by atomic mass is 32.1. The van der Waals surface area contributed by atoms with Crippen LogP contribution in [-0.4, -0.2) is 12.2 Å². The molecule has 0 unspecified atom stereocenters. The quantitative estimate of drug-likeness (QED) is 0.875. The molecule has 3 nitrogen and oxygen atoms in total. The molecule has 0 amide bonds. The third kappa shape index (κ3) is 3.00. The molecule has 1 heterocycles. The van der Waals surface area contributed by atoms with Gasteiger partial charge in [-0.15, -0.1) is 11.3 Å². The molecule has 0 aliphatic heterocycles. The molecule has 96 valence electrons. The molecule has 1 aromatic carbocycles. The molecule has 0 fully saturated rings. The van der Waals surface area contributed by atoms with Crippen LogP contribution in [0, 0.1) is 5.13 Å². The fourth-order valence-electron chi connectivity index (χ4n) is 1.64. The Morgan fingerprint density at radius 2 is 2.11 bits per heavy atom. The van der Waals surface area contributed by atoms with E-state index in [4.69, 9.17) is 4.74 Å². The van der Waals surface area contributed by atoms with E-state index in [0.717, 1.165) is 21.8 Å². The van der Waals surface area contributed by atoms with Crippen LogP contribution in [0.25, 0.3) is 0 Å². The van der Waals surface area contributed by atoms with Crippen molar-refractivity contribution >= 4 is 11.3 Å². The number of thiophene rings is 1. The SMILES string of the molecule is COc1cccc(CNCc2ccc(F)s2)c1O. The summed E-state index contributed by atoms with van der Waals surface area (Å²) in [5.41, 5.74) is 0.756. The Kier molecular flexibility index (Phi) is 4.17. The lowest BCUT2D eigenvalue weighted by Crippen LogP contribution is -2.11. The van der Waals surface area contributed by atoms with Crippen LogP contribution in [-0.2, 0) is 13.1 Å². The minimum absolute atomic E-state index is 0.143. The second-order valence-electron chi connectivity index (χ2n) is 3.78. The Labute approximate surface area is 109 Å². The highest BCUT2D eigenvalue weighted by Gasteiger charge is 2.06. The average Bonchev–Trinajstić information content (AvgIpc) is 2.77. The molecule has 5 heteroatoms. The predicted molar refractivity (Wildman–Crippen MR) is 69.5 cm³/mol. The number of phenols is 1. The van der Waals surface area contributed by atoms with Gasteiger partial charge in [0.15, 0.2) is 16.6 Å². The Balaban J connectivity index is 1.94. The second kappa shape index (κ2) is 5.84. The van der Waals surface area contributed by atoms with Crippen LogP contribution in [0.2, 0.25) is 0 Å². The summed E-state index contributed by atoms with van der Waals surface area (Å²) in [6.07, 6.45) is 0. The number of para-hydroxylation sites is 1. The van der Waals surface area contributed by atoms with Crippen molar-refractivity contribution < 1.29 is 14.2 Å². The highest BCUT2D eigenvalue weighted by Crippen LogP contribution is 2.29. The van der Waals surface area contributed by atoms with E-state index in [-0.39, 0.29) is 10.9 Å². The van der Waals surface area contributed by atoms with Gasteiger partial charge in [0, 0.05) is 23.5 Å². The number of phenolic OH excluding ortho intramolecular Hbond substituents is 1. The van der Waals surface area contributed by atoms with Crippen molar-refractivity contribution in [1.82, 2.24) is 5.32 Å². The normalized spacial score (nSPS) is 10.6. The van der Waals surface area contributed by atoms with Crippen molar-refractivity contribution in [3.63, 3.8) is 0 Å². The first-order valence-corrected chi connectivity index (χ1v) is 6.32. The van der Waals surface area contributed by atoms with E-state index >= 15 is 0 Å². The number of ether oxygens (including phenoxy) is 1. The van der Waals surface area contributed by atoms with Gasteiger partial charge in [0.1, 0.15) is 0 Å². The number of methoxy groups -OCH3 is 1. The summed E-state index contributed by atoms with van der Waals surface area (Å²) in [5.74, 6) is 0.598. The van der Waals surface area contributed by atoms with Gasteiger partial charge >= 0.3 is 0 Å². The fourth-order valence-corrected chi connectivity index (χ4v) is 2.34. The number of aromatic hydroxyl groups is 1. The molecule has 0 aliphatic carbocycles. The van der Waals surface area contributed by atoms with Gasteiger partial charge in [0.2, 0.25) is 0 Å². The zero-order chi connectivity index (χ0) is 13.0. The number of hydrogen-bond donors (Lipinski definition) is 2. The van der Waals surface area contributed by atoms with Gasteiger partial charge in [0.05, 0.1) is 7.11 Å². The molecule has 2 N–H and O–H groups in total. The van der Waals surface area contributed by atoms with Crippen molar-refractivity contribution in [2.75, 3.05) is 7.11 Å². The number of rotatable bonds is 5. The van der Waals surface area contributed by atoms with Crippen LogP contribution in [0.5, 0.6) is 11.5 Å². The third-order valence-electron chi connectivity index (χ3n) is 2.55. The van der Waals surface area contributed by atoms with Crippen molar-refractivity contribution in [3.8, 4) is 11.5 Å². The summed E-state index contributed by atoms with van der Waals surface area (Å²) in [4.78, 5) is 0.926. The van der Waals surface area contributed by atoms with Crippen molar-refractivity contribution in [3.05, 3.63) is 45.9 Å². The molecule has 18 heavy (non-hydrogen) atoms. The largest absolute Gasteiger partial charge is 0.504 e. The van der Waals surface area contributed by atoms with Gasteiger partial charge in [-0.1, -0.05) is 12.1 Å². The Morgan fingerprint density at radius 1 is 1.28 bits per heavy atom. The lowest BCUT2D eigenvalue weighted by Gasteiger charge is -2.09. The van der Waals surface area contributed by atoms with E-state index in [0.29, 0.717) is 18.8 Å². The maximum absolute atomic E-state index is 12.8. The van der Waals surface area contributed by atoms with Gasteiger partial charge < -0.3 is 15.2 Å². The molecule has 0 spiro atoms. The van der Waals surface area contributed by atoms with Gasteiger partial charge in [-0.2, -0.15) is 4.39 Å². The zero-order valence-corrected chi connectivity index (χ0v) is 10.8. The molecule has 0 atom stereocenters. The summed E-state index contributed by atoms with van der Waals surface area (Å²) in [6, 6.07) is 8.54. The van der Waals surface area contributed by atoms with Gasteiger partial charge in [0.25, 0.3) is 0 Å². The van der Waals surface area contributed by atoms with Crippen LogP contribution in [0.1, 0.15) is 10.4 Å². The monoisotopic (exact) mass is 267 g/mol. The number of benzene rings is 1. The first-order valence-electron chi connectivity index (χ1n) is 5.50. The lowest BCUT2D eigenvalue weighted by atomic mass is 10.2. The number of nitrogens with one attached hydrogen (secondary N) is 1. The van der Waals surface area contributed by atoms with E-state index < -0.39 is 0 Å². The summed E-state index contributed by atoms with van der Waals surface area (Å²) in [6.45, 7) is 1.08. The van der Waals surface area contributed by atoms with Gasteiger partial charge in [-0.05, 0) is 18.2 Å². The van der Waals surface area contributed by atoms with E-state index in [1.54, 1.807) is 12.1 Å². The van der Waals surface area contributed by atoms with E-state index in [1.807, 2.05) is 12.1 Å². The van der Waals surface area contributed by atoms with Crippen molar-refractivity contribution in [2.24, 2.45) is 0 Å². The maximum atomic E-state index is 12.8. The Hall–Kier alpha value is -1.59. The van der Waals surface area contributed by atoms with Crippen LogP contribution < -0.4 is 10.1 Å². The van der Waals surface area contributed by atoms with Gasteiger partial charge in [-0.3, -0.25) is 0 Å². The van der Waals surface area contributed by atoms with Crippen LogP contribution in [0.3, 0.4) is 0 Å². The molecule has 0 bridgehead atoms. The average molecular weight is 267 g/mol. The molecule has 0 saturated heterocycles. The van der Waals surface area contributed by atoms with Crippen LogP contribution in [0.15, 0.2) is 30.3 Å². The summed E-state index contributed by atoms with van der Waals surface area (Å²) < 4.78 is 17.8. The third-order valence-corrected chi connectivity index (χ3v) is 3.42. The molecule has 2 rings (SSSR count). The topological polar surface area (TPSA) is 41.5 Å². The molecular formula is C13H14FNO2S. The molecule has 0 radical (unpaired) electrons. The fraction of sp³-hybridized carbons (Fsp3) is 0.231. The molecule has 2 aromatic rings. The van der Waals surface area contributed by atoms with Crippen LogP contribution in [0.4, 0.5) is 4.39 Å². The second-order valence-corrected chi connectivity index (χ2v) is 4.90. The maximum Gasteiger partial charge on any atom is 0.176 e. The zero-order valence-electron chi connectivity index (χ0n) is 9.94. The minimum atomic E-state index is -0.184. The highest BCUT2D eigenvalue weighted by molar-refractivity contribution is 7.10. The van der Waals surface area contributed by atoms with E-state index in [2.05, 4.69) is 5.32 Å². The number of hydrogen-bond acceptors (Lipinski definition) is 4. The Bertz CT molecular complexity index is 527. The van der Waals surface area contributed by atoms with E-state index in [1.165, 1.54) is 13.2 Å². The summed E-state index contributed by atoms with van der Waals surface area (Å²) >= 11 is 1.12. The summed E-state index contributed by atoms with van der Waals surface area (Å²) in [5, 5.41) is 12.8. The summed E-state index contributed by atoms with van der Waals surface area (Å²) in [7, 11) is 1.51. The Morgan fingerprint density at radius 3 is 2.78 bits per heavy atom. The van der Waals surface area contributed by atoms with Crippen LogP contribution >= 0.6 is 11.3 Å². The van der Waals surface area contributed by atoms with Gasteiger partial charge in [-0.25, -0.2) is 0 Å². The number of halogens is 1. The first kappa shape index (κ1) is 12.9.